The van der Waals surface area contributed by atoms with E-state index < -0.39 is 6.09 Å². The van der Waals surface area contributed by atoms with Crippen molar-refractivity contribution in [3.8, 4) is 5.88 Å². The van der Waals surface area contributed by atoms with Crippen molar-refractivity contribution in [1.82, 2.24) is 15.3 Å². The molecule has 2 rings (SSSR count). The minimum atomic E-state index is -0.703. The van der Waals surface area contributed by atoms with Gasteiger partial charge in [-0.3, -0.25) is 0 Å². The van der Waals surface area contributed by atoms with E-state index in [1.54, 1.807) is 0 Å². The number of nitrogen functional groups attached to an aromatic ring is 2. The van der Waals surface area contributed by atoms with Gasteiger partial charge in [0.15, 0.2) is 16.8 Å². The van der Waals surface area contributed by atoms with Gasteiger partial charge in [-0.25, -0.2) is 9.78 Å². The maximum absolute atomic E-state index is 11.8. The van der Waals surface area contributed by atoms with Crippen LogP contribution < -0.4 is 27.3 Å². The maximum atomic E-state index is 11.8. The lowest BCUT2D eigenvalue weighted by Gasteiger charge is -2.24. The van der Waals surface area contributed by atoms with Crippen molar-refractivity contribution in [1.29, 1.82) is 0 Å². The number of nitrogens with one attached hydrogen (secondary N) is 1. The van der Waals surface area contributed by atoms with Crippen molar-refractivity contribution in [2.24, 2.45) is 11.7 Å². The average Bonchev–Trinajstić information content (AvgIpc) is 2.51. The van der Waals surface area contributed by atoms with Gasteiger partial charge in [0.2, 0.25) is 0 Å². The van der Waals surface area contributed by atoms with E-state index in [2.05, 4.69) is 15.3 Å². The van der Waals surface area contributed by atoms with Crippen molar-refractivity contribution in [3.05, 3.63) is 5.15 Å². The zero-order valence-corrected chi connectivity index (χ0v) is 13.7. The molecule has 0 bridgehead atoms. The second-order valence-corrected chi connectivity index (χ2v) is 6.22. The van der Waals surface area contributed by atoms with E-state index in [1.807, 2.05) is 0 Å². The van der Waals surface area contributed by atoms with E-state index in [1.165, 1.54) is 32.1 Å². The highest BCUT2D eigenvalue weighted by molar-refractivity contribution is 6.31. The topological polar surface area (TPSA) is 142 Å². The zero-order chi connectivity index (χ0) is 16.8. The van der Waals surface area contributed by atoms with Crippen molar-refractivity contribution in [2.75, 3.05) is 18.0 Å². The van der Waals surface area contributed by atoms with Gasteiger partial charge in [-0.05, 0) is 12.3 Å². The standard InChI is InChI=1S/C14H23ClN6O2/c15-10-11(17)21-12(18)13(20-10)23-14(22)19-7-9(16)6-8-4-2-1-3-5-8/h8-9H,1-7,16H2,(H,19,22)(H4,17,18,21)/t9-/m0/s1. The first-order valence-corrected chi connectivity index (χ1v) is 8.13. The van der Waals surface area contributed by atoms with E-state index in [9.17, 15) is 4.79 Å². The van der Waals surface area contributed by atoms with Gasteiger partial charge in [0, 0.05) is 12.6 Å². The Kier molecular flexibility index (Phi) is 6.23. The molecule has 1 heterocycles. The Morgan fingerprint density at radius 1 is 1.26 bits per heavy atom. The van der Waals surface area contributed by atoms with Gasteiger partial charge in [0.05, 0.1) is 0 Å². The van der Waals surface area contributed by atoms with Crippen LogP contribution in [0.2, 0.25) is 5.15 Å². The van der Waals surface area contributed by atoms with Crippen LogP contribution in [0.5, 0.6) is 5.88 Å². The minimum Gasteiger partial charge on any atom is -0.387 e. The molecule has 128 valence electrons. The van der Waals surface area contributed by atoms with Gasteiger partial charge in [0.1, 0.15) is 0 Å². The van der Waals surface area contributed by atoms with Gasteiger partial charge in [0.25, 0.3) is 5.88 Å². The summed E-state index contributed by atoms with van der Waals surface area (Å²) < 4.78 is 4.98. The highest BCUT2D eigenvalue weighted by Gasteiger charge is 2.18. The normalized spacial score (nSPS) is 16.8. The van der Waals surface area contributed by atoms with Crippen molar-refractivity contribution < 1.29 is 9.53 Å². The summed E-state index contributed by atoms with van der Waals surface area (Å²) in [5.74, 6) is 0.344. The smallest absolute Gasteiger partial charge is 0.387 e. The number of aromatic nitrogens is 2. The number of amides is 1. The number of carbonyl (C=O) groups excluding carboxylic acids is 1. The molecule has 0 radical (unpaired) electrons. The highest BCUT2D eigenvalue weighted by atomic mass is 35.5. The molecule has 1 amide bonds. The molecule has 1 atom stereocenters. The second-order valence-electron chi connectivity index (χ2n) is 5.86. The third kappa shape index (κ3) is 5.40. The van der Waals surface area contributed by atoms with Crippen molar-refractivity contribution in [3.63, 3.8) is 0 Å². The molecule has 7 N–H and O–H groups in total. The van der Waals surface area contributed by atoms with Crippen LogP contribution in [0.3, 0.4) is 0 Å². The predicted molar refractivity (Wildman–Crippen MR) is 89.1 cm³/mol. The summed E-state index contributed by atoms with van der Waals surface area (Å²) in [6.45, 7) is 0.325. The Morgan fingerprint density at radius 3 is 2.65 bits per heavy atom. The summed E-state index contributed by atoms with van der Waals surface area (Å²) in [7, 11) is 0. The number of nitrogens with zero attached hydrogens (tertiary/aromatic N) is 2. The largest absolute Gasteiger partial charge is 0.414 e. The molecule has 8 nitrogen and oxygen atoms in total. The van der Waals surface area contributed by atoms with Gasteiger partial charge in [-0.1, -0.05) is 43.7 Å². The average molecular weight is 343 g/mol. The number of rotatable bonds is 5. The highest BCUT2D eigenvalue weighted by Crippen LogP contribution is 2.27. The Bertz CT molecular complexity index is 550. The fraction of sp³-hybridized carbons (Fsp3) is 0.643. The summed E-state index contributed by atoms with van der Waals surface area (Å²) in [5.41, 5.74) is 17.1. The Labute approximate surface area is 140 Å². The summed E-state index contributed by atoms with van der Waals surface area (Å²) >= 11 is 5.72. The van der Waals surface area contributed by atoms with Gasteiger partial charge < -0.3 is 27.3 Å². The number of halogens is 1. The first-order chi connectivity index (χ1) is 11.0. The molecule has 0 spiro atoms. The quantitative estimate of drug-likeness (QED) is 0.637. The number of nitrogens with two attached hydrogens (primary N) is 3. The fourth-order valence-electron chi connectivity index (χ4n) is 2.78. The Balaban J connectivity index is 1.77. The number of hydrogen-bond acceptors (Lipinski definition) is 7. The Morgan fingerprint density at radius 2 is 1.96 bits per heavy atom. The molecule has 9 heteroatoms. The van der Waals surface area contributed by atoms with Crippen LogP contribution in [0.25, 0.3) is 0 Å². The van der Waals surface area contributed by atoms with Crippen molar-refractivity contribution >= 4 is 29.3 Å². The molecule has 1 aromatic rings. The zero-order valence-electron chi connectivity index (χ0n) is 12.9. The van der Waals surface area contributed by atoms with E-state index in [-0.39, 0.29) is 28.7 Å². The molecule has 0 unspecified atom stereocenters. The summed E-state index contributed by atoms with van der Waals surface area (Å²) in [4.78, 5) is 19.3. The van der Waals surface area contributed by atoms with Crippen LogP contribution in [0.4, 0.5) is 16.4 Å². The van der Waals surface area contributed by atoms with E-state index in [0.29, 0.717) is 12.5 Å². The fourth-order valence-corrected chi connectivity index (χ4v) is 2.89. The lowest BCUT2D eigenvalue weighted by Crippen LogP contribution is -2.40. The van der Waals surface area contributed by atoms with Crippen LogP contribution in [-0.2, 0) is 0 Å². The third-order valence-corrected chi connectivity index (χ3v) is 4.21. The minimum absolute atomic E-state index is 0.0218. The number of anilines is 2. The molecule has 0 aromatic carbocycles. The molecule has 23 heavy (non-hydrogen) atoms. The SMILES string of the molecule is Nc1nc(N)c(OC(=O)NC[C@@H](N)CC2CCCCC2)nc1Cl. The molecule has 0 saturated heterocycles. The molecular formula is C14H23ClN6O2. The Hall–Kier alpha value is -1.80. The van der Waals surface area contributed by atoms with Crippen LogP contribution in [-0.4, -0.2) is 28.6 Å². The molecule has 1 saturated carbocycles. The van der Waals surface area contributed by atoms with E-state index >= 15 is 0 Å². The molecule has 0 aliphatic heterocycles. The maximum Gasteiger partial charge on any atom is 0.414 e. The van der Waals surface area contributed by atoms with Crippen LogP contribution in [0.1, 0.15) is 38.5 Å². The monoisotopic (exact) mass is 342 g/mol. The first kappa shape index (κ1) is 17.6. The van der Waals surface area contributed by atoms with Crippen LogP contribution in [0, 0.1) is 5.92 Å². The molecule has 1 aromatic heterocycles. The van der Waals surface area contributed by atoms with Gasteiger partial charge >= 0.3 is 6.09 Å². The lowest BCUT2D eigenvalue weighted by molar-refractivity contribution is 0.197. The first-order valence-electron chi connectivity index (χ1n) is 7.75. The van der Waals surface area contributed by atoms with Crippen molar-refractivity contribution in [2.45, 2.75) is 44.6 Å². The van der Waals surface area contributed by atoms with Crippen LogP contribution in [0.15, 0.2) is 0 Å². The summed E-state index contributed by atoms with van der Waals surface area (Å²) in [5, 5.41) is 2.52. The molecular weight excluding hydrogens is 320 g/mol. The van der Waals surface area contributed by atoms with Gasteiger partial charge in [-0.15, -0.1) is 0 Å². The molecule has 1 fully saturated rings. The number of carbonyl (C=O) groups is 1. The third-order valence-electron chi connectivity index (χ3n) is 3.93. The predicted octanol–water partition coefficient (Wildman–Crippen LogP) is 1.68. The second kappa shape index (κ2) is 8.16. The lowest BCUT2D eigenvalue weighted by atomic mass is 9.85. The van der Waals surface area contributed by atoms with Crippen LogP contribution >= 0.6 is 11.6 Å². The molecule has 1 aliphatic carbocycles. The van der Waals surface area contributed by atoms with E-state index in [0.717, 1.165) is 6.42 Å². The number of hydrogen-bond donors (Lipinski definition) is 4. The number of ether oxygens (including phenoxy) is 1. The summed E-state index contributed by atoms with van der Waals surface area (Å²) in [6, 6.07) is -0.107. The summed E-state index contributed by atoms with van der Waals surface area (Å²) in [6.07, 6.45) is 6.47. The molecule has 1 aliphatic rings. The van der Waals surface area contributed by atoms with Gasteiger partial charge in [-0.2, -0.15) is 4.98 Å². The van der Waals surface area contributed by atoms with E-state index in [4.69, 9.17) is 33.5 Å².